The maximum Gasteiger partial charge on any atom is 0.329 e. The van der Waals surface area contributed by atoms with Gasteiger partial charge in [0.2, 0.25) is 0 Å². The standard InChI is InChI=1S/C17H15ClN4O6/c1-2-28-14-8-10(7-13(15(14)23)22(26)27)9-19-21-17(25)16(24)20-12-6-4-3-5-11(12)18/h3-9,23H,2H2,1H3,(H,20,24)(H,21,25)/p-1/b19-9-. The van der Waals surface area contributed by atoms with Crippen molar-refractivity contribution in [1.82, 2.24) is 5.43 Å². The van der Waals surface area contributed by atoms with E-state index in [1.165, 1.54) is 18.2 Å². The van der Waals surface area contributed by atoms with Crippen molar-refractivity contribution >= 4 is 41.0 Å². The van der Waals surface area contributed by atoms with Crippen LogP contribution in [0.15, 0.2) is 41.5 Å². The molecule has 0 aliphatic heterocycles. The second-order valence-electron chi connectivity index (χ2n) is 5.19. The first-order valence-corrected chi connectivity index (χ1v) is 8.22. The van der Waals surface area contributed by atoms with Gasteiger partial charge in [0.05, 0.1) is 28.5 Å². The first-order chi connectivity index (χ1) is 13.3. The Morgan fingerprint density at radius 2 is 2.00 bits per heavy atom. The fourth-order valence-electron chi connectivity index (χ4n) is 2.04. The molecular formula is C17H14ClN4O6-. The molecule has 0 saturated heterocycles. The lowest BCUT2D eigenvalue weighted by Crippen LogP contribution is -2.32. The van der Waals surface area contributed by atoms with Gasteiger partial charge in [0.1, 0.15) is 5.75 Å². The molecule has 28 heavy (non-hydrogen) atoms. The number of carbonyl (C=O) groups excluding carboxylic acids is 2. The number of hydrogen-bond acceptors (Lipinski definition) is 7. The molecular weight excluding hydrogens is 392 g/mol. The van der Waals surface area contributed by atoms with Crippen molar-refractivity contribution in [3.63, 3.8) is 0 Å². The number of anilines is 1. The van der Waals surface area contributed by atoms with E-state index in [0.717, 1.165) is 12.3 Å². The average Bonchev–Trinajstić information content (AvgIpc) is 2.65. The monoisotopic (exact) mass is 405 g/mol. The molecule has 0 spiro atoms. The number of nitrogens with zero attached hydrogens (tertiary/aromatic N) is 2. The van der Waals surface area contributed by atoms with Crippen molar-refractivity contribution in [2.45, 2.75) is 6.92 Å². The molecule has 0 fully saturated rings. The first kappa shape index (κ1) is 20.6. The van der Waals surface area contributed by atoms with Gasteiger partial charge in [0.25, 0.3) is 5.69 Å². The number of hydrogen-bond donors (Lipinski definition) is 2. The molecule has 0 bridgehead atoms. The van der Waals surface area contributed by atoms with E-state index in [1.807, 2.05) is 5.43 Å². The molecule has 2 aromatic carbocycles. The van der Waals surface area contributed by atoms with Crippen LogP contribution in [0.4, 0.5) is 11.4 Å². The second-order valence-corrected chi connectivity index (χ2v) is 5.60. The molecule has 0 radical (unpaired) electrons. The van der Waals surface area contributed by atoms with Crippen LogP contribution in [0.5, 0.6) is 11.5 Å². The highest BCUT2D eigenvalue weighted by atomic mass is 35.5. The molecule has 146 valence electrons. The van der Waals surface area contributed by atoms with Gasteiger partial charge in [-0.25, -0.2) is 5.43 Å². The van der Waals surface area contributed by atoms with E-state index >= 15 is 0 Å². The predicted octanol–water partition coefficient (Wildman–Crippen LogP) is 1.81. The van der Waals surface area contributed by atoms with Crippen molar-refractivity contribution in [3.05, 3.63) is 57.1 Å². The Morgan fingerprint density at radius 1 is 1.29 bits per heavy atom. The van der Waals surface area contributed by atoms with E-state index in [4.69, 9.17) is 16.3 Å². The lowest BCUT2D eigenvalue weighted by Gasteiger charge is -2.14. The van der Waals surface area contributed by atoms with Crippen molar-refractivity contribution in [2.24, 2.45) is 5.10 Å². The summed E-state index contributed by atoms with van der Waals surface area (Å²) in [5.74, 6) is -3.19. The lowest BCUT2D eigenvalue weighted by molar-refractivity contribution is -0.398. The van der Waals surface area contributed by atoms with E-state index in [2.05, 4.69) is 10.4 Å². The Morgan fingerprint density at radius 3 is 2.64 bits per heavy atom. The largest absolute Gasteiger partial charge is 0.865 e. The summed E-state index contributed by atoms with van der Waals surface area (Å²) in [6, 6.07) is 8.54. The fraction of sp³-hybridized carbons (Fsp3) is 0.118. The summed E-state index contributed by atoms with van der Waals surface area (Å²) in [6.07, 6.45) is 1.04. The highest BCUT2D eigenvalue weighted by Crippen LogP contribution is 2.34. The van der Waals surface area contributed by atoms with Gasteiger partial charge in [0, 0.05) is 17.4 Å². The molecule has 0 aliphatic carbocycles. The van der Waals surface area contributed by atoms with Crippen molar-refractivity contribution < 1.29 is 24.4 Å². The molecule has 0 aromatic heterocycles. The Hall–Kier alpha value is -3.66. The molecule has 11 heteroatoms. The number of nitro groups is 1. The van der Waals surface area contributed by atoms with Crippen LogP contribution in [0.25, 0.3) is 0 Å². The molecule has 0 unspecified atom stereocenters. The van der Waals surface area contributed by atoms with Crippen LogP contribution < -0.4 is 20.6 Å². The highest BCUT2D eigenvalue weighted by Gasteiger charge is 2.15. The van der Waals surface area contributed by atoms with Crippen molar-refractivity contribution in [2.75, 3.05) is 11.9 Å². The van der Waals surface area contributed by atoms with Crippen LogP contribution >= 0.6 is 11.6 Å². The van der Waals surface area contributed by atoms with Crippen LogP contribution in [-0.2, 0) is 9.59 Å². The van der Waals surface area contributed by atoms with Gasteiger partial charge >= 0.3 is 11.8 Å². The van der Waals surface area contributed by atoms with Gasteiger partial charge in [0.15, 0.2) is 0 Å². The zero-order valence-electron chi connectivity index (χ0n) is 14.5. The summed E-state index contributed by atoms with van der Waals surface area (Å²) < 4.78 is 5.07. The minimum atomic E-state index is -1.09. The van der Waals surface area contributed by atoms with Gasteiger partial charge in [-0.3, -0.25) is 19.7 Å². The number of carbonyl (C=O) groups is 2. The lowest BCUT2D eigenvalue weighted by atomic mass is 10.2. The number of hydrazone groups is 1. The van der Waals surface area contributed by atoms with Gasteiger partial charge in [-0.1, -0.05) is 23.7 Å². The van der Waals surface area contributed by atoms with Crippen molar-refractivity contribution in [1.29, 1.82) is 0 Å². The molecule has 2 amide bonds. The van der Waals surface area contributed by atoms with E-state index in [0.29, 0.717) is 0 Å². The number of ether oxygens (including phenoxy) is 1. The van der Waals surface area contributed by atoms with Crippen molar-refractivity contribution in [3.8, 4) is 11.5 Å². The van der Waals surface area contributed by atoms with E-state index < -0.39 is 28.2 Å². The minimum absolute atomic E-state index is 0.126. The summed E-state index contributed by atoms with van der Waals surface area (Å²) in [4.78, 5) is 33.7. The summed E-state index contributed by atoms with van der Waals surface area (Å²) in [5.41, 5.74) is 1.65. The Balaban J connectivity index is 2.09. The number of amides is 2. The molecule has 2 N–H and O–H groups in total. The maximum atomic E-state index is 11.9. The van der Waals surface area contributed by atoms with Gasteiger partial charge in [-0.2, -0.15) is 5.10 Å². The molecule has 0 heterocycles. The summed E-state index contributed by atoms with van der Waals surface area (Å²) in [5, 5.41) is 29.0. The van der Waals surface area contributed by atoms with Crippen LogP contribution in [-0.4, -0.2) is 29.6 Å². The number of benzene rings is 2. The average molecular weight is 406 g/mol. The summed E-state index contributed by atoms with van der Waals surface area (Å²) in [6.45, 7) is 1.75. The third-order valence-corrected chi connectivity index (χ3v) is 3.59. The van der Waals surface area contributed by atoms with Crippen LogP contribution in [0, 0.1) is 10.1 Å². The molecule has 2 rings (SSSR count). The number of rotatable bonds is 6. The highest BCUT2D eigenvalue weighted by molar-refractivity contribution is 6.41. The topological polar surface area (TPSA) is 146 Å². The number of halogens is 1. The Labute approximate surface area is 163 Å². The smallest absolute Gasteiger partial charge is 0.329 e. The molecule has 0 aliphatic rings. The van der Waals surface area contributed by atoms with Crippen LogP contribution in [0.2, 0.25) is 5.02 Å². The summed E-state index contributed by atoms with van der Waals surface area (Å²) in [7, 11) is 0. The van der Waals surface area contributed by atoms with Gasteiger partial charge in [-0.15, -0.1) is 0 Å². The Bertz CT molecular complexity index is 947. The van der Waals surface area contributed by atoms with E-state index in [9.17, 15) is 24.8 Å². The zero-order chi connectivity index (χ0) is 20.7. The number of nitrogens with one attached hydrogen (secondary N) is 2. The fourth-order valence-corrected chi connectivity index (χ4v) is 2.22. The number of nitro benzene ring substituents is 1. The predicted molar refractivity (Wildman–Crippen MR) is 99.5 cm³/mol. The Kier molecular flexibility index (Phi) is 6.88. The van der Waals surface area contributed by atoms with Crippen LogP contribution in [0.3, 0.4) is 0 Å². The minimum Gasteiger partial charge on any atom is -0.865 e. The second kappa shape index (κ2) is 9.33. The zero-order valence-corrected chi connectivity index (χ0v) is 15.2. The quantitative estimate of drug-likeness (QED) is 0.324. The molecule has 10 nitrogen and oxygen atoms in total. The molecule has 0 saturated carbocycles. The molecule has 2 aromatic rings. The third kappa shape index (κ3) is 5.17. The van der Waals surface area contributed by atoms with Gasteiger partial charge in [-0.05, 0) is 25.1 Å². The normalized spacial score (nSPS) is 10.5. The van der Waals surface area contributed by atoms with Crippen LogP contribution in [0.1, 0.15) is 12.5 Å². The maximum absolute atomic E-state index is 11.9. The van der Waals surface area contributed by atoms with Gasteiger partial charge < -0.3 is 15.2 Å². The van der Waals surface area contributed by atoms with E-state index in [1.54, 1.807) is 19.1 Å². The van der Waals surface area contributed by atoms with E-state index in [-0.39, 0.29) is 28.6 Å². The SMILES string of the molecule is CCOc1cc(/C=N\NC(=O)C(=O)Nc2ccccc2Cl)cc([N+](=O)[O-])c1[O-]. The third-order valence-electron chi connectivity index (χ3n) is 3.26. The molecule has 0 atom stereocenters. The summed E-state index contributed by atoms with van der Waals surface area (Å²) >= 11 is 5.88. The first-order valence-electron chi connectivity index (χ1n) is 7.84. The number of para-hydroxylation sites is 1.